The Balaban J connectivity index is 1.82. The Bertz CT molecular complexity index is 828. The van der Waals surface area contributed by atoms with Gasteiger partial charge in [-0.25, -0.2) is 0 Å². The highest BCUT2D eigenvalue weighted by Gasteiger charge is 2.18. The molecule has 0 unspecified atom stereocenters. The van der Waals surface area contributed by atoms with E-state index in [-0.39, 0.29) is 5.91 Å². The smallest absolute Gasteiger partial charge is 0.254 e. The quantitative estimate of drug-likeness (QED) is 0.648. The van der Waals surface area contributed by atoms with Gasteiger partial charge in [0.2, 0.25) is 0 Å². The predicted molar refractivity (Wildman–Crippen MR) is 103 cm³/mol. The molecule has 0 radical (unpaired) electrons. The number of aromatic nitrogens is 1. The second-order valence-electron chi connectivity index (χ2n) is 6.24. The van der Waals surface area contributed by atoms with Crippen LogP contribution in [0.15, 0.2) is 60.2 Å². The summed E-state index contributed by atoms with van der Waals surface area (Å²) < 4.78 is 0. The number of hydrogen-bond acceptors (Lipinski definition) is 3. The van der Waals surface area contributed by atoms with Crippen LogP contribution < -0.4 is 0 Å². The maximum absolute atomic E-state index is 13.1. The zero-order chi connectivity index (χ0) is 17.6. The average Bonchev–Trinajstić information content (AvgIpc) is 3.12. The summed E-state index contributed by atoms with van der Waals surface area (Å²) in [4.78, 5) is 20.5. The highest BCUT2D eigenvalue weighted by molar-refractivity contribution is 7.09. The van der Waals surface area contributed by atoms with Crippen LogP contribution in [0.1, 0.15) is 31.9 Å². The molecule has 0 spiro atoms. The summed E-state index contributed by atoms with van der Waals surface area (Å²) >= 11 is 1.73. The van der Waals surface area contributed by atoms with Gasteiger partial charge in [-0.15, -0.1) is 11.3 Å². The first-order valence-corrected chi connectivity index (χ1v) is 9.29. The van der Waals surface area contributed by atoms with Gasteiger partial charge in [0.05, 0.1) is 0 Å². The van der Waals surface area contributed by atoms with E-state index in [1.165, 1.54) is 10.4 Å². The molecule has 0 saturated carbocycles. The number of rotatable bonds is 6. The first-order valence-electron chi connectivity index (χ1n) is 8.41. The number of benzene rings is 1. The maximum Gasteiger partial charge on any atom is 0.254 e. The monoisotopic (exact) mass is 350 g/mol. The van der Waals surface area contributed by atoms with E-state index in [2.05, 4.69) is 28.6 Å². The molecule has 0 aliphatic carbocycles. The molecular formula is C21H22N2OS. The van der Waals surface area contributed by atoms with E-state index in [1.807, 2.05) is 49.2 Å². The molecule has 128 valence electrons. The molecular weight excluding hydrogens is 328 g/mol. The zero-order valence-electron chi connectivity index (χ0n) is 14.6. The van der Waals surface area contributed by atoms with E-state index in [0.29, 0.717) is 13.1 Å². The highest BCUT2D eigenvalue weighted by Crippen LogP contribution is 2.17. The third-order valence-corrected chi connectivity index (χ3v) is 5.14. The minimum Gasteiger partial charge on any atom is -0.334 e. The van der Waals surface area contributed by atoms with Crippen LogP contribution in [-0.4, -0.2) is 22.3 Å². The second kappa shape index (κ2) is 8.08. The van der Waals surface area contributed by atoms with E-state index in [9.17, 15) is 4.79 Å². The van der Waals surface area contributed by atoms with E-state index in [4.69, 9.17) is 0 Å². The molecule has 0 N–H and O–H groups in total. The molecule has 1 amide bonds. The normalized spacial score (nSPS) is 10.6. The van der Waals surface area contributed by atoms with Gasteiger partial charge in [-0.3, -0.25) is 9.78 Å². The lowest BCUT2D eigenvalue weighted by Crippen LogP contribution is -2.33. The van der Waals surface area contributed by atoms with Gasteiger partial charge < -0.3 is 4.90 Å². The molecule has 0 bridgehead atoms. The Kier molecular flexibility index (Phi) is 5.61. The first kappa shape index (κ1) is 17.4. The van der Waals surface area contributed by atoms with Crippen LogP contribution in [-0.2, 0) is 13.0 Å². The summed E-state index contributed by atoms with van der Waals surface area (Å²) in [6.07, 6.45) is 4.45. The van der Waals surface area contributed by atoms with Crippen LogP contribution in [0.25, 0.3) is 0 Å². The lowest BCUT2D eigenvalue weighted by molar-refractivity contribution is 0.0744. The highest BCUT2D eigenvalue weighted by atomic mass is 32.1. The Hall–Kier alpha value is -2.46. The minimum atomic E-state index is 0.0814. The van der Waals surface area contributed by atoms with Crippen LogP contribution in [0, 0.1) is 13.8 Å². The van der Waals surface area contributed by atoms with Crippen molar-refractivity contribution in [3.05, 3.63) is 87.4 Å². The standard InChI is InChI=1S/C21H22N2OS/c1-16-7-8-20(17(2)13-16)21(24)23(11-9-19-6-4-12-25-19)15-18-5-3-10-22-14-18/h3-8,10,12-14H,9,11,15H2,1-2H3. The summed E-state index contributed by atoms with van der Waals surface area (Å²) in [6.45, 7) is 5.32. The van der Waals surface area contributed by atoms with Gasteiger partial charge in [0.1, 0.15) is 0 Å². The van der Waals surface area contributed by atoms with Crippen LogP contribution >= 0.6 is 11.3 Å². The van der Waals surface area contributed by atoms with Crippen molar-refractivity contribution in [3.63, 3.8) is 0 Å². The van der Waals surface area contributed by atoms with Gasteiger partial charge in [-0.2, -0.15) is 0 Å². The van der Waals surface area contributed by atoms with Gasteiger partial charge >= 0.3 is 0 Å². The molecule has 2 aromatic heterocycles. The fourth-order valence-corrected chi connectivity index (χ4v) is 3.59. The van der Waals surface area contributed by atoms with Crippen LogP contribution in [0.2, 0.25) is 0 Å². The molecule has 4 heteroatoms. The van der Waals surface area contributed by atoms with Crippen molar-refractivity contribution in [2.75, 3.05) is 6.54 Å². The van der Waals surface area contributed by atoms with Crippen molar-refractivity contribution in [2.45, 2.75) is 26.8 Å². The van der Waals surface area contributed by atoms with Gasteiger partial charge in [0, 0.05) is 35.9 Å². The number of carbonyl (C=O) groups excluding carboxylic acids is 1. The van der Waals surface area contributed by atoms with Crippen molar-refractivity contribution in [2.24, 2.45) is 0 Å². The number of thiophene rings is 1. The average molecular weight is 350 g/mol. The fourth-order valence-electron chi connectivity index (χ4n) is 2.89. The van der Waals surface area contributed by atoms with Gasteiger partial charge in [-0.05, 0) is 55.0 Å². The molecule has 2 heterocycles. The molecule has 0 aliphatic heterocycles. The van der Waals surface area contributed by atoms with Gasteiger partial charge in [-0.1, -0.05) is 29.8 Å². The number of hydrogen-bond donors (Lipinski definition) is 0. The number of pyridine rings is 1. The van der Waals surface area contributed by atoms with Gasteiger partial charge in [0.15, 0.2) is 0 Å². The minimum absolute atomic E-state index is 0.0814. The first-order chi connectivity index (χ1) is 12.1. The predicted octanol–water partition coefficient (Wildman–Crippen LogP) is 4.65. The second-order valence-corrected chi connectivity index (χ2v) is 7.27. The van der Waals surface area contributed by atoms with Crippen molar-refractivity contribution in [3.8, 4) is 0 Å². The third kappa shape index (κ3) is 4.54. The Morgan fingerprint density at radius 1 is 1.16 bits per heavy atom. The number of aryl methyl sites for hydroxylation is 2. The van der Waals surface area contributed by atoms with E-state index < -0.39 is 0 Å². The van der Waals surface area contributed by atoms with Crippen molar-refractivity contribution < 1.29 is 4.79 Å². The summed E-state index contributed by atoms with van der Waals surface area (Å²) in [5.41, 5.74) is 4.02. The van der Waals surface area contributed by atoms with Crippen LogP contribution in [0.4, 0.5) is 0 Å². The molecule has 0 atom stereocenters. The van der Waals surface area contributed by atoms with E-state index in [1.54, 1.807) is 17.5 Å². The SMILES string of the molecule is Cc1ccc(C(=O)N(CCc2cccs2)Cc2cccnc2)c(C)c1. The van der Waals surface area contributed by atoms with E-state index in [0.717, 1.165) is 23.1 Å². The fraction of sp³-hybridized carbons (Fsp3) is 0.238. The topological polar surface area (TPSA) is 33.2 Å². The summed E-state index contributed by atoms with van der Waals surface area (Å²) in [5.74, 6) is 0.0814. The Morgan fingerprint density at radius 2 is 2.04 bits per heavy atom. The number of carbonyl (C=O) groups is 1. The lowest BCUT2D eigenvalue weighted by atomic mass is 10.0. The van der Waals surface area contributed by atoms with Crippen LogP contribution in [0.5, 0.6) is 0 Å². The zero-order valence-corrected chi connectivity index (χ0v) is 15.4. The molecule has 3 aromatic rings. The lowest BCUT2D eigenvalue weighted by Gasteiger charge is -2.23. The van der Waals surface area contributed by atoms with Crippen molar-refractivity contribution in [1.82, 2.24) is 9.88 Å². The molecule has 3 rings (SSSR count). The van der Waals surface area contributed by atoms with E-state index >= 15 is 0 Å². The maximum atomic E-state index is 13.1. The van der Waals surface area contributed by atoms with Gasteiger partial charge in [0.25, 0.3) is 5.91 Å². The largest absolute Gasteiger partial charge is 0.334 e. The summed E-state index contributed by atoms with van der Waals surface area (Å²) in [5, 5.41) is 2.08. The Labute approximate surface area is 153 Å². The molecule has 1 aromatic carbocycles. The van der Waals surface area contributed by atoms with Crippen molar-refractivity contribution in [1.29, 1.82) is 0 Å². The molecule has 25 heavy (non-hydrogen) atoms. The number of nitrogens with zero attached hydrogens (tertiary/aromatic N) is 2. The Morgan fingerprint density at radius 3 is 2.72 bits per heavy atom. The molecule has 0 aliphatic rings. The van der Waals surface area contributed by atoms with Crippen molar-refractivity contribution >= 4 is 17.2 Å². The molecule has 0 fully saturated rings. The molecule has 3 nitrogen and oxygen atoms in total. The molecule has 0 saturated heterocycles. The summed E-state index contributed by atoms with van der Waals surface area (Å²) in [7, 11) is 0. The third-order valence-electron chi connectivity index (χ3n) is 4.20. The number of amides is 1. The summed E-state index contributed by atoms with van der Waals surface area (Å²) in [6, 6.07) is 14.1. The van der Waals surface area contributed by atoms with Crippen LogP contribution in [0.3, 0.4) is 0 Å².